The Bertz CT molecular complexity index is 528. The van der Waals surface area contributed by atoms with Crippen LogP contribution in [0.3, 0.4) is 0 Å². The largest absolute Gasteiger partial charge is 0.480 e. The highest BCUT2D eigenvalue weighted by Gasteiger charge is 2.35. The predicted molar refractivity (Wildman–Crippen MR) is 68.1 cm³/mol. The van der Waals surface area contributed by atoms with Gasteiger partial charge in [-0.2, -0.15) is 0 Å². The summed E-state index contributed by atoms with van der Waals surface area (Å²) in [5, 5.41) is 13.4. The molecule has 7 nitrogen and oxygen atoms in total. The number of amides is 2. The number of carbonyl (C=O) groups is 3. The van der Waals surface area contributed by atoms with Crippen molar-refractivity contribution in [3.05, 3.63) is 11.1 Å². The lowest BCUT2D eigenvalue weighted by molar-refractivity contribution is -0.141. The van der Waals surface area contributed by atoms with Crippen LogP contribution >= 0.6 is 11.3 Å². The third kappa shape index (κ3) is 2.90. The van der Waals surface area contributed by atoms with E-state index in [1.807, 2.05) is 0 Å². The van der Waals surface area contributed by atoms with Crippen LogP contribution in [0.1, 0.15) is 30.3 Å². The van der Waals surface area contributed by atoms with Crippen molar-refractivity contribution in [3.8, 4) is 0 Å². The molecule has 19 heavy (non-hydrogen) atoms. The van der Waals surface area contributed by atoms with Gasteiger partial charge in [0.05, 0.1) is 0 Å². The van der Waals surface area contributed by atoms with E-state index in [2.05, 4.69) is 10.3 Å². The molecule has 0 spiro atoms. The number of aliphatic carboxylic acids is 1. The van der Waals surface area contributed by atoms with Gasteiger partial charge in [0.25, 0.3) is 5.91 Å². The van der Waals surface area contributed by atoms with Crippen molar-refractivity contribution in [1.29, 1.82) is 0 Å². The van der Waals surface area contributed by atoms with Gasteiger partial charge in [-0.05, 0) is 12.8 Å². The minimum Gasteiger partial charge on any atom is -0.480 e. The second-order valence-corrected chi connectivity index (χ2v) is 5.07. The van der Waals surface area contributed by atoms with E-state index in [4.69, 9.17) is 5.11 Å². The monoisotopic (exact) mass is 283 g/mol. The van der Waals surface area contributed by atoms with Gasteiger partial charge < -0.3 is 15.3 Å². The summed E-state index contributed by atoms with van der Waals surface area (Å²) in [5.41, 5.74) is 0.168. The maximum Gasteiger partial charge on any atom is 0.326 e. The summed E-state index contributed by atoms with van der Waals surface area (Å²) in [4.78, 5) is 39.4. The van der Waals surface area contributed by atoms with Gasteiger partial charge in [0, 0.05) is 18.8 Å². The molecule has 0 bridgehead atoms. The van der Waals surface area contributed by atoms with Crippen LogP contribution in [0.25, 0.3) is 0 Å². The molecule has 0 radical (unpaired) electrons. The van der Waals surface area contributed by atoms with Crippen LogP contribution in [0.2, 0.25) is 0 Å². The second-order valence-electron chi connectivity index (χ2n) is 4.21. The Labute approximate surface area is 113 Å². The zero-order chi connectivity index (χ0) is 14.0. The number of anilines is 1. The molecule has 0 aromatic carbocycles. The van der Waals surface area contributed by atoms with E-state index in [1.165, 1.54) is 17.2 Å². The zero-order valence-electron chi connectivity index (χ0n) is 10.3. The first-order chi connectivity index (χ1) is 8.99. The van der Waals surface area contributed by atoms with Gasteiger partial charge in [0.1, 0.15) is 11.7 Å². The van der Waals surface area contributed by atoms with Gasteiger partial charge in [-0.3, -0.25) is 9.59 Å². The number of carboxylic acid groups (broad SMARTS) is 1. The van der Waals surface area contributed by atoms with Gasteiger partial charge in [0.2, 0.25) is 5.91 Å². The summed E-state index contributed by atoms with van der Waals surface area (Å²) >= 11 is 1.14. The van der Waals surface area contributed by atoms with E-state index in [9.17, 15) is 14.4 Å². The van der Waals surface area contributed by atoms with Crippen LogP contribution in [0, 0.1) is 0 Å². The minimum absolute atomic E-state index is 0.168. The maximum absolute atomic E-state index is 12.2. The van der Waals surface area contributed by atoms with E-state index in [0.717, 1.165) is 11.3 Å². The molecular formula is C11H13N3O4S. The summed E-state index contributed by atoms with van der Waals surface area (Å²) in [5.74, 6) is -1.67. The van der Waals surface area contributed by atoms with Crippen molar-refractivity contribution in [2.75, 3.05) is 11.9 Å². The zero-order valence-corrected chi connectivity index (χ0v) is 11.1. The van der Waals surface area contributed by atoms with Crippen LogP contribution in [-0.4, -0.2) is 45.4 Å². The van der Waals surface area contributed by atoms with Gasteiger partial charge >= 0.3 is 5.97 Å². The predicted octanol–water partition coefficient (Wildman–Crippen LogP) is 0.791. The van der Waals surface area contributed by atoms with Crippen molar-refractivity contribution in [2.45, 2.75) is 25.8 Å². The molecule has 0 aliphatic carbocycles. The fourth-order valence-corrected chi connectivity index (χ4v) is 2.72. The number of carboxylic acids is 1. The summed E-state index contributed by atoms with van der Waals surface area (Å²) in [7, 11) is 0. The molecule has 102 valence electrons. The first kappa shape index (κ1) is 13.5. The van der Waals surface area contributed by atoms with Gasteiger partial charge in [-0.25, -0.2) is 9.78 Å². The van der Waals surface area contributed by atoms with Crippen LogP contribution < -0.4 is 5.32 Å². The fourth-order valence-electron chi connectivity index (χ4n) is 1.99. The molecule has 0 unspecified atom stereocenters. The van der Waals surface area contributed by atoms with E-state index in [0.29, 0.717) is 24.5 Å². The highest BCUT2D eigenvalue weighted by atomic mass is 32.1. The molecule has 1 aliphatic rings. The second kappa shape index (κ2) is 5.35. The Morgan fingerprint density at radius 2 is 2.26 bits per heavy atom. The highest BCUT2D eigenvalue weighted by Crippen LogP contribution is 2.22. The molecule has 1 aromatic heterocycles. The summed E-state index contributed by atoms with van der Waals surface area (Å²) in [6.45, 7) is 1.77. The number of thiazole rings is 1. The quantitative estimate of drug-likeness (QED) is 0.854. The number of carbonyl (C=O) groups excluding carboxylic acids is 2. The SMILES string of the molecule is CC(=O)Nc1nc(C(=O)N2CCC[C@H]2C(=O)O)cs1. The number of nitrogens with zero attached hydrogens (tertiary/aromatic N) is 2. The van der Waals surface area contributed by atoms with Crippen molar-refractivity contribution < 1.29 is 19.5 Å². The van der Waals surface area contributed by atoms with Gasteiger partial charge in [0.15, 0.2) is 5.13 Å². The number of hydrogen-bond acceptors (Lipinski definition) is 5. The van der Waals surface area contributed by atoms with Crippen LogP contribution in [0.5, 0.6) is 0 Å². The number of hydrogen-bond donors (Lipinski definition) is 2. The third-order valence-corrected chi connectivity index (χ3v) is 3.56. The van der Waals surface area contributed by atoms with E-state index >= 15 is 0 Å². The summed E-state index contributed by atoms with van der Waals surface area (Å²) < 4.78 is 0. The first-order valence-electron chi connectivity index (χ1n) is 5.76. The van der Waals surface area contributed by atoms with Crippen LogP contribution in [0.15, 0.2) is 5.38 Å². The number of rotatable bonds is 3. The number of aromatic nitrogens is 1. The van der Waals surface area contributed by atoms with Crippen molar-refractivity contribution >= 4 is 34.3 Å². The van der Waals surface area contributed by atoms with Crippen LogP contribution in [0.4, 0.5) is 5.13 Å². The topological polar surface area (TPSA) is 99.6 Å². The fraction of sp³-hybridized carbons (Fsp3) is 0.455. The van der Waals surface area contributed by atoms with Gasteiger partial charge in [-0.1, -0.05) is 0 Å². The molecule has 8 heteroatoms. The summed E-state index contributed by atoms with van der Waals surface area (Å²) in [6, 6.07) is -0.779. The third-order valence-electron chi connectivity index (χ3n) is 2.80. The van der Waals surface area contributed by atoms with Crippen molar-refractivity contribution in [2.24, 2.45) is 0 Å². The lowest BCUT2D eigenvalue weighted by atomic mass is 10.2. The van der Waals surface area contributed by atoms with Crippen molar-refractivity contribution in [3.63, 3.8) is 0 Å². The molecule has 0 saturated carbocycles. The molecule has 2 rings (SSSR count). The maximum atomic E-state index is 12.2. The molecule has 1 fully saturated rings. The Hall–Kier alpha value is -1.96. The average Bonchev–Trinajstić information content (AvgIpc) is 2.94. The van der Waals surface area contributed by atoms with E-state index in [-0.39, 0.29) is 11.6 Å². The van der Waals surface area contributed by atoms with E-state index in [1.54, 1.807) is 0 Å². The summed E-state index contributed by atoms with van der Waals surface area (Å²) in [6.07, 6.45) is 1.13. The molecule has 1 saturated heterocycles. The lowest BCUT2D eigenvalue weighted by Crippen LogP contribution is -2.40. The minimum atomic E-state index is -0.997. The Morgan fingerprint density at radius 1 is 1.53 bits per heavy atom. The molecule has 1 atom stereocenters. The lowest BCUT2D eigenvalue weighted by Gasteiger charge is -2.20. The molecule has 2 N–H and O–H groups in total. The molecule has 2 heterocycles. The number of nitrogens with one attached hydrogen (secondary N) is 1. The normalized spacial score (nSPS) is 18.4. The first-order valence-corrected chi connectivity index (χ1v) is 6.64. The van der Waals surface area contributed by atoms with Gasteiger partial charge in [-0.15, -0.1) is 11.3 Å². The Balaban J connectivity index is 2.13. The van der Waals surface area contributed by atoms with Crippen LogP contribution in [-0.2, 0) is 9.59 Å². The smallest absolute Gasteiger partial charge is 0.326 e. The molecule has 1 aliphatic heterocycles. The molecule has 2 amide bonds. The Kier molecular flexibility index (Phi) is 3.79. The Morgan fingerprint density at radius 3 is 2.89 bits per heavy atom. The molecule has 1 aromatic rings. The average molecular weight is 283 g/mol. The van der Waals surface area contributed by atoms with Crippen molar-refractivity contribution in [1.82, 2.24) is 9.88 Å². The highest BCUT2D eigenvalue weighted by molar-refractivity contribution is 7.14. The number of likely N-dealkylation sites (tertiary alicyclic amines) is 1. The van der Waals surface area contributed by atoms with E-state index < -0.39 is 17.9 Å². The standard InChI is InChI=1S/C11H13N3O4S/c1-6(15)12-11-13-7(5-19-11)9(16)14-4-2-3-8(14)10(17)18/h5,8H,2-4H2,1H3,(H,17,18)(H,12,13,15)/t8-/m0/s1. The molecular weight excluding hydrogens is 270 g/mol.